The Hall–Kier alpha value is -2.37. The second-order valence-corrected chi connectivity index (χ2v) is 9.89. The van der Waals surface area contributed by atoms with Gasteiger partial charge in [-0.1, -0.05) is 24.3 Å². The molecule has 5 nitrogen and oxygen atoms in total. The number of nitrogens with zero attached hydrogens (tertiary/aromatic N) is 3. The number of hydrogen-bond donors (Lipinski definition) is 1. The van der Waals surface area contributed by atoms with E-state index in [0.717, 1.165) is 35.7 Å². The van der Waals surface area contributed by atoms with Gasteiger partial charge in [-0.05, 0) is 81.8 Å². The summed E-state index contributed by atoms with van der Waals surface area (Å²) in [6.07, 6.45) is 2.75. The van der Waals surface area contributed by atoms with E-state index in [4.69, 9.17) is 0 Å². The van der Waals surface area contributed by atoms with Gasteiger partial charge in [0, 0.05) is 50.4 Å². The minimum absolute atomic E-state index is 0.0120. The predicted octanol–water partition coefficient (Wildman–Crippen LogP) is 4.77. The van der Waals surface area contributed by atoms with Crippen LogP contribution in [0.3, 0.4) is 0 Å². The highest BCUT2D eigenvalue weighted by molar-refractivity contribution is 5.94. The first kappa shape index (κ1) is 23.8. The first-order chi connectivity index (χ1) is 15.9. The van der Waals surface area contributed by atoms with Gasteiger partial charge in [0.05, 0.1) is 6.04 Å². The summed E-state index contributed by atoms with van der Waals surface area (Å²) < 4.78 is 0. The number of hydrogen-bond acceptors (Lipinski definition) is 4. The smallest absolute Gasteiger partial charge is 0.253 e. The van der Waals surface area contributed by atoms with Gasteiger partial charge in [-0.25, -0.2) is 0 Å². The number of phenolic OH excluding ortho intramolecular Hbond substituents is 1. The number of piperazine rings is 1. The van der Waals surface area contributed by atoms with Crippen LogP contribution in [0.15, 0.2) is 48.5 Å². The Labute approximate surface area is 199 Å². The van der Waals surface area contributed by atoms with Crippen molar-refractivity contribution < 1.29 is 9.90 Å². The Morgan fingerprint density at radius 3 is 2.30 bits per heavy atom. The zero-order chi connectivity index (χ0) is 23.5. The van der Waals surface area contributed by atoms with E-state index in [1.807, 2.05) is 43.0 Å². The summed E-state index contributed by atoms with van der Waals surface area (Å²) in [7, 11) is 0. The molecule has 178 valence electrons. The summed E-state index contributed by atoms with van der Waals surface area (Å²) in [5.74, 6) is 1.24. The standard InChI is InChI=1S/C28H39N3O2/c1-5-29(6-2)28(33)25-11-7-9-23(15-25)27(24-10-8-12-26(32)16-24)31-18-20(3)30(17-21(31)4)19-22-13-14-22/h7-12,15-16,20-22,27,32H,5-6,13-14,17-19H2,1-4H3/t20-,21+,27-/m1/s1. The molecule has 1 N–H and O–H groups in total. The molecule has 1 aliphatic carbocycles. The van der Waals surface area contributed by atoms with Gasteiger partial charge < -0.3 is 10.0 Å². The highest BCUT2D eigenvalue weighted by Crippen LogP contribution is 2.36. The quantitative estimate of drug-likeness (QED) is 0.631. The molecular weight excluding hydrogens is 410 g/mol. The van der Waals surface area contributed by atoms with Gasteiger partial charge in [-0.3, -0.25) is 14.6 Å². The lowest BCUT2D eigenvalue weighted by Gasteiger charge is -2.48. The van der Waals surface area contributed by atoms with E-state index in [9.17, 15) is 9.90 Å². The van der Waals surface area contributed by atoms with Crippen molar-refractivity contribution in [2.75, 3.05) is 32.7 Å². The summed E-state index contributed by atoms with van der Waals surface area (Å²) in [6, 6.07) is 16.5. The SMILES string of the molecule is CCN(CC)C(=O)c1cccc([C@H](c2cccc(O)c2)N2C[C@@H](C)N(CC3CC3)C[C@@H]2C)c1. The molecule has 1 saturated carbocycles. The molecule has 0 spiro atoms. The third-order valence-electron chi connectivity index (χ3n) is 7.37. The molecule has 1 heterocycles. The highest BCUT2D eigenvalue weighted by Gasteiger charge is 2.37. The fourth-order valence-corrected chi connectivity index (χ4v) is 5.28. The molecule has 1 aliphatic heterocycles. The second-order valence-electron chi connectivity index (χ2n) is 9.89. The lowest BCUT2D eigenvalue weighted by molar-refractivity contribution is 0.0215. The maximum Gasteiger partial charge on any atom is 0.253 e. The molecule has 2 aromatic carbocycles. The first-order valence-corrected chi connectivity index (χ1v) is 12.6. The van der Waals surface area contributed by atoms with E-state index in [1.54, 1.807) is 6.07 Å². The molecule has 3 atom stereocenters. The van der Waals surface area contributed by atoms with Gasteiger partial charge in [-0.15, -0.1) is 0 Å². The van der Waals surface area contributed by atoms with E-state index < -0.39 is 0 Å². The molecule has 0 radical (unpaired) electrons. The Morgan fingerprint density at radius 2 is 1.67 bits per heavy atom. The van der Waals surface area contributed by atoms with E-state index in [0.29, 0.717) is 25.2 Å². The molecule has 0 bridgehead atoms. The van der Waals surface area contributed by atoms with Crippen LogP contribution >= 0.6 is 0 Å². The summed E-state index contributed by atoms with van der Waals surface area (Å²) in [4.78, 5) is 20.2. The molecule has 4 rings (SSSR count). The molecule has 33 heavy (non-hydrogen) atoms. The molecular formula is C28H39N3O2. The van der Waals surface area contributed by atoms with Crippen molar-refractivity contribution in [3.05, 3.63) is 65.2 Å². The highest BCUT2D eigenvalue weighted by atomic mass is 16.3. The van der Waals surface area contributed by atoms with Crippen molar-refractivity contribution >= 4 is 5.91 Å². The van der Waals surface area contributed by atoms with E-state index >= 15 is 0 Å². The van der Waals surface area contributed by atoms with Crippen molar-refractivity contribution in [3.63, 3.8) is 0 Å². The largest absolute Gasteiger partial charge is 0.508 e. The maximum absolute atomic E-state index is 13.1. The lowest BCUT2D eigenvalue weighted by Crippen LogP contribution is -2.57. The van der Waals surface area contributed by atoms with Gasteiger partial charge in [0.15, 0.2) is 0 Å². The van der Waals surface area contributed by atoms with Crippen molar-refractivity contribution in [1.29, 1.82) is 0 Å². The molecule has 2 aliphatic rings. The van der Waals surface area contributed by atoms with Crippen LogP contribution in [0.5, 0.6) is 5.75 Å². The molecule has 2 aromatic rings. The van der Waals surface area contributed by atoms with Gasteiger partial charge in [0.1, 0.15) is 5.75 Å². The molecule has 0 aromatic heterocycles. The fraction of sp³-hybridized carbons (Fsp3) is 0.536. The van der Waals surface area contributed by atoms with Gasteiger partial charge in [0.25, 0.3) is 5.91 Å². The van der Waals surface area contributed by atoms with Gasteiger partial charge >= 0.3 is 0 Å². The van der Waals surface area contributed by atoms with Crippen LogP contribution in [0.4, 0.5) is 0 Å². The third-order valence-corrected chi connectivity index (χ3v) is 7.37. The topological polar surface area (TPSA) is 47.0 Å². The molecule has 1 saturated heterocycles. The van der Waals surface area contributed by atoms with Crippen LogP contribution in [0.1, 0.15) is 68.1 Å². The van der Waals surface area contributed by atoms with Crippen molar-refractivity contribution in [2.45, 2.75) is 58.7 Å². The number of carbonyl (C=O) groups is 1. The Bertz CT molecular complexity index is 954. The summed E-state index contributed by atoms with van der Waals surface area (Å²) in [5, 5.41) is 10.3. The normalized spacial score (nSPS) is 22.8. The Morgan fingerprint density at radius 1 is 1.00 bits per heavy atom. The van der Waals surface area contributed by atoms with Crippen LogP contribution in [-0.4, -0.2) is 70.5 Å². The molecule has 1 amide bonds. The average molecular weight is 450 g/mol. The number of rotatable bonds is 8. The summed E-state index contributed by atoms with van der Waals surface area (Å²) in [5.41, 5.74) is 2.90. The zero-order valence-electron chi connectivity index (χ0n) is 20.6. The lowest BCUT2D eigenvalue weighted by atomic mass is 9.92. The average Bonchev–Trinajstić information content (AvgIpc) is 3.62. The fourth-order valence-electron chi connectivity index (χ4n) is 5.28. The van der Waals surface area contributed by atoms with Crippen LogP contribution in [0, 0.1) is 5.92 Å². The third kappa shape index (κ3) is 5.42. The van der Waals surface area contributed by atoms with Crippen molar-refractivity contribution in [2.24, 2.45) is 5.92 Å². The maximum atomic E-state index is 13.1. The van der Waals surface area contributed by atoms with Crippen LogP contribution in [0.2, 0.25) is 0 Å². The molecule has 2 fully saturated rings. The van der Waals surface area contributed by atoms with Crippen LogP contribution < -0.4 is 0 Å². The van der Waals surface area contributed by atoms with Crippen LogP contribution in [-0.2, 0) is 0 Å². The van der Waals surface area contributed by atoms with Crippen molar-refractivity contribution in [3.8, 4) is 5.75 Å². The number of carbonyl (C=O) groups excluding carboxylic acids is 1. The monoisotopic (exact) mass is 449 g/mol. The number of aromatic hydroxyl groups is 1. The predicted molar refractivity (Wildman–Crippen MR) is 134 cm³/mol. The molecule has 5 heteroatoms. The number of amides is 1. The Kier molecular flexibility index (Phi) is 7.40. The van der Waals surface area contributed by atoms with E-state index in [-0.39, 0.29) is 17.7 Å². The Balaban J connectivity index is 1.68. The van der Waals surface area contributed by atoms with Gasteiger partial charge in [-0.2, -0.15) is 0 Å². The minimum Gasteiger partial charge on any atom is -0.508 e. The first-order valence-electron chi connectivity index (χ1n) is 12.6. The minimum atomic E-state index is -0.0120. The summed E-state index contributed by atoms with van der Waals surface area (Å²) in [6.45, 7) is 13.3. The zero-order valence-corrected chi connectivity index (χ0v) is 20.6. The van der Waals surface area contributed by atoms with E-state index in [2.05, 4.69) is 41.8 Å². The number of phenols is 1. The van der Waals surface area contributed by atoms with Gasteiger partial charge in [0.2, 0.25) is 0 Å². The van der Waals surface area contributed by atoms with E-state index in [1.165, 1.54) is 19.4 Å². The second kappa shape index (κ2) is 10.3. The van der Waals surface area contributed by atoms with Crippen LogP contribution in [0.25, 0.3) is 0 Å². The molecule has 0 unspecified atom stereocenters. The number of benzene rings is 2. The van der Waals surface area contributed by atoms with Crippen molar-refractivity contribution in [1.82, 2.24) is 14.7 Å². The summed E-state index contributed by atoms with van der Waals surface area (Å²) >= 11 is 0.